The second kappa shape index (κ2) is 8.97. The number of aromatic nitrogens is 1. The highest BCUT2D eigenvalue weighted by atomic mass is 16.5. The number of amides is 1. The fourth-order valence-electron chi connectivity index (χ4n) is 4.44. The molecule has 0 spiro atoms. The van der Waals surface area contributed by atoms with Crippen LogP contribution in [0.1, 0.15) is 31.7 Å². The third kappa shape index (κ3) is 4.50. The van der Waals surface area contributed by atoms with Crippen LogP contribution in [0.4, 0.5) is 0 Å². The van der Waals surface area contributed by atoms with Gasteiger partial charge in [0.15, 0.2) is 0 Å². The Morgan fingerprint density at radius 1 is 1.32 bits per heavy atom. The van der Waals surface area contributed by atoms with Gasteiger partial charge in [0.05, 0.1) is 19.6 Å². The number of ether oxygens (including phenoxy) is 2. The predicted molar refractivity (Wildman–Crippen MR) is 110 cm³/mol. The van der Waals surface area contributed by atoms with Crippen LogP contribution in [0.25, 0.3) is 10.9 Å². The minimum absolute atomic E-state index is 0.0924. The summed E-state index contributed by atoms with van der Waals surface area (Å²) >= 11 is 0. The Morgan fingerprint density at radius 3 is 2.93 bits per heavy atom. The van der Waals surface area contributed by atoms with E-state index in [1.807, 2.05) is 31.3 Å². The van der Waals surface area contributed by atoms with E-state index in [2.05, 4.69) is 15.2 Å². The number of nitrogens with zero attached hydrogens (tertiary/aromatic N) is 1. The Balaban J connectivity index is 1.30. The van der Waals surface area contributed by atoms with E-state index in [4.69, 9.17) is 9.47 Å². The Hall–Kier alpha value is -2.05. The Labute approximate surface area is 166 Å². The number of likely N-dealkylation sites (tertiary alicyclic amines) is 1. The van der Waals surface area contributed by atoms with Gasteiger partial charge in [-0.2, -0.15) is 0 Å². The van der Waals surface area contributed by atoms with Crippen LogP contribution in [0.15, 0.2) is 24.4 Å². The number of fused-ring (bicyclic) bond motifs is 1. The topological polar surface area (TPSA) is 66.6 Å². The molecule has 1 amide bonds. The highest BCUT2D eigenvalue weighted by molar-refractivity contribution is 5.93. The first kappa shape index (κ1) is 19.3. The molecule has 0 aliphatic carbocycles. The Kier molecular flexibility index (Phi) is 6.17. The summed E-state index contributed by atoms with van der Waals surface area (Å²) in [5, 5.41) is 4.26. The summed E-state index contributed by atoms with van der Waals surface area (Å²) in [6.45, 7) is 7.66. The van der Waals surface area contributed by atoms with Crippen LogP contribution >= 0.6 is 0 Å². The van der Waals surface area contributed by atoms with Gasteiger partial charge < -0.3 is 24.7 Å². The number of carbonyl (C=O) groups is 1. The lowest BCUT2D eigenvalue weighted by Gasteiger charge is -2.33. The van der Waals surface area contributed by atoms with Crippen molar-refractivity contribution in [1.29, 1.82) is 0 Å². The zero-order valence-electron chi connectivity index (χ0n) is 16.7. The fourth-order valence-corrected chi connectivity index (χ4v) is 4.44. The van der Waals surface area contributed by atoms with E-state index < -0.39 is 0 Å². The molecule has 2 aliphatic rings. The lowest BCUT2D eigenvalue weighted by atomic mass is 10.0. The number of hydrogen-bond acceptors (Lipinski definition) is 4. The van der Waals surface area contributed by atoms with Gasteiger partial charge in [-0.05, 0) is 49.8 Å². The molecule has 6 nitrogen and oxygen atoms in total. The molecule has 2 fully saturated rings. The van der Waals surface area contributed by atoms with Crippen LogP contribution in [-0.2, 0) is 16.0 Å². The molecule has 1 aromatic carbocycles. The Morgan fingerprint density at radius 2 is 2.18 bits per heavy atom. The van der Waals surface area contributed by atoms with E-state index in [1.165, 1.54) is 6.42 Å². The molecular weight excluding hydrogens is 354 g/mol. The van der Waals surface area contributed by atoms with Gasteiger partial charge in [-0.3, -0.25) is 4.79 Å². The highest BCUT2D eigenvalue weighted by Crippen LogP contribution is 2.29. The van der Waals surface area contributed by atoms with Crippen molar-refractivity contribution in [3.8, 4) is 5.75 Å². The van der Waals surface area contributed by atoms with Crippen molar-refractivity contribution in [3.05, 3.63) is 30.0 Å². The molecule has 0 bridgehead atoms. The van der Waals surface area contributed by atoms with Crippen LogP contribution in [0.3, 0.4) is 0 Å². The van der Waals surface area contributed by atoms with Crippen molar-refractivity contribution in [3.63, 3.8) is 0 Å². The first-order valence-corrected chi connectivity index (χ1v) is 10.5. The Bertz CT molecular complexity index is 789. The average Bonchev–Trinajstić information content (AvgIpc) is 3.34. The summed E-state index contributed by atoms with van der Waals surface area (Å²) in [5.74, 6) is 1.62. The quantitative estimate of drug-likeness (QED) is 0.769. The average molecular weight is 386 g/mol. The van der Waals surface area contributed by atoms with Gasteiger partial charge >= 0.3 is 0 Å². The largest absolute Gasteiger partial charge is 0.493 e. The lowest BCUT2D eigenvalue weighted by Crippen LogP contribution is -2.46. The maximum Gasteiger partial charge on any atom is 0.224 e. The molecule has 28 heavy (non-hydrogen) atoms. The van der Waals surface area contributed by atoms with E-state index >= 15 is 0 Å². The normalized spacial score (nSPS) is 21.2. The molecule has 1 atom stereocenters. The van der Waals surface area contributed by atoms with Crippen LogP contribution in [0.2, 0.25) is 0 Å². The fraction of sp³-hybridized carbons (Fsp3) is 0.591. The van der Waals surface area contributed by atoms with Crippen molar-refractivity contribution in [2.75, 3.05) is 39.5 Å². The molecule has 0 radical (unpaired) electrons. The number of piperidine rings is 1. The van der Waals surface area contributed by atoms with Gasteiger partial charge in [-0.15, -0.1) is 0 Å². The van der Waals surface area contributed by atoms with E-state index in [0.717, 1.165) is 67.9 Å². The minimum atomic E-state index is 0.0924. The smallest absolute Gasteiger partial charge is 0.224 e. The van der Waals surface area contributed by atoms with Crippen LogP contribution in [0.5, 0.6) is 5.75 Å². The van der Waals surface area contributed by atoms with E-state index in [-0.39, 0.29) is 11.9 Å². The van der Waals surface area contributed by atoms with E-state index in [0.29, 0.717) is 18.9 Å². The van der Waals surface area contributed by atoms with Crippen molar-refractivity contribution in [1.82, 2.24) is 15.2 Å². The lowest BCUT2D eigenvalue weighted by molar-refractivity contribution is -0.121. The van der Waals surface area contributed by atoms with Crippen molar-refractivity contribution in [2.45, 2.75) is 38.6 Å². The summed E-state index contributed by atoms with van der Waals surface area (Å²) in [6, 6.07) is 6.23. The number of H-pyrrole nitrogens is 1. The standard InChI is InChI=1S/C22H31N3O3/c1-2-28-20-5-3-4-19-22(20)17(13-23-19)12-21(26)24-18-6-9-25(10-7-18)14-16-8-11-27-15-16/h3-5,13,16,18,23H,2,6-12,14-15H2,1H3,(H,24,26). The number of rotatable bonds is 7. The molecule has 1 aromatic heterocycles. The first-order valence-electron chi connectivity index (χ1n) is 10.5. The third-order valence-electron chi connectivity index (χ3n) is 5.89. The van der Waals surface area contributed by atoms with Gasteiger partial charge in [-0.1, -0.05) is 6.07 Å². The number of nitrogens with one attached hydrogen (secondary N) is 2. The van der Waals surface area contributed by atoms with Gasteiger partial charge in [0.2, 0.25) is 5.91 Å². The molecule has 152 valence electrons. The highest BCUT2D eigenvalue weighted by Gasteiger charge is 2.25. The van der Waals surface area contributed by atoms with E-state index in [1.54, 1.807) is 0 Å². The van der Waals surface area contributed by atoms with Gasteiger partial charge in [0.1, 0.15) is 5.75 Å². The van der Waals surface area contributed by atoms with Crippen molar-refractivity contribution in [2.24, 2.45) is 5.92 Å². The summed E-state index contributed by atoms with van der Waals surface area (Å²) < 4.78 is 11.2. The molecular formula is C22H31N3O3. The van der Waals surface area contributed by atoms with Crippen LogP contribution < -0.4 is 10.1 Å². The van der Waals surface area contributed by atoms with Crippen molar-refractivity contribution < 1.29 is 14.3 Å². The monoisotopic (exact) mass is 385 g/mol. The summed E-state index contributed by atoms with van der Waals surface area (Å²) in [6.07, 6.45) is 5.54. The molecule has 6 heteroatoms. The minimum Gasteiger partial charge on any atom is -0.493 e. The molecule has 1 unspecified atom stereocenters. The summed E-state index contributed by atoms with van der Waals surface area (Å²) in [5.41, 5.74) is 2.01. The summed E-state index contributed by atoms with van der Waals surface area (Å²) in [7, 11) is 0. The first-order chi connectivity index (χ1) is 13.7. The zero-order valence-corrected chi connectivity index (χ0v) is 16.7. The molecule has 2 aromatic rings. The molecule has 4 rings (SSSR count). The molecule has 2 aliphatic heterocycles. The predicted octanol–water partition coefficient (Wildman–Crippen LogP) is 2.73. The van der Waals surface area contributed by atoms with Gasteiger partial charge in [0.25, 0.3) is 0 Å². The molecule has 0 saturated carbocycles. The molecule has 2 N–H and O–H groups in total. The number of carbonyl (C=O) groups excluding carboxylic acids is 1. The van der Waals surface area contributed by atoms with Crippen LogP contribution in [-0.4, -0.2) is 61.3 Å². The number of aromatic amines is 1. The van der Waals surface area contributed by atoms with Gasteiger partial charge in [-0.25, -0.2) is 0 Å². The van der Waals surface area contributed by atoms with Crippen molar-refractivity contribution >= 4 is 16.8 Å². The maximum absolute atomic E-state index is 12.7. The number of benzene rings is 1. The van der Waals surface area contributed by atoms with Gasteiger partial charge in [0, 0.05) is 49.4 Å². The second-order valence-corrected chi connectivity index (χ2v) is 7.97. The molecule has 3 heterocycles. The maximum atomic E-state index is 12.7. The number of hydrogen-bond donors (Lipinski definition) is 2. The van der Waals surface area contributed by atoms with Crippen LogP contribution in [0, 0.1) is 5.92 Å². The SMILES string of the molecule is CCOc1cccc2[nH]cc(CC(=O)NC3CCN(CC4CCOC4)CC3)c12. The summed E-state index contributed by atoms with van der Waals surface area (Å²) in [4.78, 5) is 18.4. The third-order valence-corrected chi connectivity index (χ3v) is 5.89. The zero-order chi connectivity index (χ0) is 19.3. The van der Waals surface area contributed by atoms with E-state index in [9.17, 15) is 4.79 Å². The second-order valence-electron chi connectivity index (χ2n) is 7.97. The molecule has 2 saturated heterocycles.